The van der Waals surface area contributed by atoms with Gasteiger partial charge in [-0.2, -0.15) is 0 Å². The van der Waals surface area contributed by atoms with Gasteiger partial charge >= 0.3 is 0 Å². The number of aromatic nitrogens is 3. The third-order valence-electron chi connectivity index (χ3n) is 13.3. The molecule has 0 fully saturated rings. The molecule has 0 saturated carbocycles. The summed E-state index contributed by atoms with van der Waals surface area (Å²) in [5.74, 6) is 1.45. The zero-order valence-electron chi connectivity index (χ0n) is 40.5. The van der Waals surface area contributed by atoms with Crippen LogP contribution < -0.4 is 5.19 Å². The molecule has 347 valence electrons. The Kier molecular flexibility index (Phi) is 12.6. The molecule has 8 aromatic carbocycles. The Morgan fingerprint density at radius 2 is 1.16 bits per heavy atom. The first-order valence-corrected chi connectivity index (χ1v) is 27.4. The number of para-hydroxylation sites is 5. The maximum absolute atomic E-state index is 6.47. The van der Waals surface area contributed by atoms with E-state index in [2.05, 4.69) is 198 Å². The second-order valence-electron chi connectivity index (χ2n) is 19.6. The standard InChI is InChI=1S/C37H31N2O.C26H22NOSi.Ir/c1-23(2)30-21-26(25-13-6-5-7-14-25)22-31(24(3)4)35(30)39-33-19-10-9-18-32(33)38-37(39)29-17-12-16-28-27-15-8-11-20-34(27)40-36(28)29;1-29(2,3)25-17-27-23(18-10-5-4-6-11-18)16-22(25)21-14-9-13-20-19-12-7-8-15-24(19)28-26(20)21;/h5-16,18-24H,1-4H3;4-10,12-17H,1-3H3;/q2*-1;. The van der Waals surface area contributed by atoms with Gasteiger partial charge in [-0.05, 0) is 86.9 Å². The number of furan rings is 2. The summed E-state index contributed by atoms with van der Waals surface area (Å²) in [6, 6.07) is 67.8. The van der Waals surface area contributed by atoms with Crippen LogP contribution >= 0.6 is 0 Å². The Hall–Kier alpha value is -7.15. The van der Waals surface area contributed by atoms with Crippen molar-refractivity contribution in [2.45, 2.75) is 59.2 Å². The molecule has 0 aliphatic rings. The quantitative estimate of drug-likeness (QED) is 0.112. The molecule has 0 atom stereocenters. The van der Waals surface area contributed by atoms with E-state index < -0.39 is 8.07 Å². The van der Waals surface area contributed by atoms with E-state index in [1.165, 1.54) is 38.7 Å². The first-order chi connectivity index (χ1) is 33.5. The zero-order chi connectivity index (χ0) is 47.4. The van der Waals surface area contributed by atoms with E-state index >= 15 is 0 Å². The summed E-state index contributed by atoms with van der Waals surface area (Å²) in [4.78, 5) is 10.0. The van der Waals surface area contributed by atoms with Crippen LogP contribution in [0.25, 0.3) is 105 Å². The maximum Gasteiger partial charge on any atom is 0.143 e. The molecule has 7 heteroatoms. The molecule has 70 heavy (non-hydrogen) atoms. The minimum atomic E-state index is -1.63. The largest absolute Gasteiger partial charge is 0.501 e. The van der Waals surface area contributed by atoms with Crippen LogP contribution in [0.4, 0.5) is 0 Å². The summed E-state index contributed by atoms with van der Waals surface area (Å²) < 4.78 is 15.2. The van der Waals surface area contributed by atoms with Crippen molar-refractivity contribution >= 4 is 68.2 Å². The summed E-state index contributed by atoms with van der Waals surface area (Å²) >= 11 is 0. The summed E-state index contributed by atoms with van der Waals surface area (Å²) in [6.07, 6.45) is 2.07. The zero-order valence-corrected chi connectivity index (χ0v) is 43.9. The van der Waals surface area contributed by atoms with Crippen LogP contribution in [0.1, 0.15) is 50.7 Å². The normalized spacial score (nSPS) is 11.8. The van der Waals surface area contributed by atoms with Crippen molar-refractivity contribution < 1.29 is 28.9 Å². The first-order valence-electron chi connectivity index (χ1n) is 23.9. The van der Waals surface area contributed by atoms with Crippen LogP contribution in [0.3, 0.4) is 0 Å². The summed E-state index contributed by atoms with van der Waals surface area (Å²) in [5.41, 5.74) is 17.0. The Bertz CT molecular complexity index is 3810. The molecule has 1 radical (unpaired) electrons. The van der Waals surface area contributed by atoms with E-state index in [0.717, 1.165) is 83.1 Å². The van der Waals surface area contributed by atoms with Gasteiger partial charge in [0, 0.05) is 53.7 Å². The molecule has 0 amide bonds. The third-order valence-corrected chi connectivity index (χ3v) is 15.3. The second kappa shape index (κ2) is 19.0. The monoisotopic (exact) mass is 1100 g/mol. The molecular formula is C63H53IrN3O2Si-2. The Balaban J connectivity index is 0.000000168. The van der Waals surface area contributed by atoms with Crippen molar-refractivity contribution in [3.05, 3.63) is 205 Å². The summed E-state index contributed by atoms with van der Waals surface area (Å²) in [5, 5.41) is 5.84. The number of rotatable bonds is 8. The van der Waals surface area contributed by atoms with Crippen molar-refractivity contribution in [3.63, 3.8) is 0 Å². The van der Waals surface area contributed by atoms with Crippen molar-refractivity contribution in [1.29, 1.82) is 0 Å². The molecule has 4 heterocycles. The van der Waals surface area contributed by atoms with E-state index in [1.54, 1.807) is 0 Å². The van der Waals surface area contributed by atoms with Gasteiger partial charge < -0.3 is 18.4 Å². The van der Waals surface area contributed by atoms with Gasteiger partial charge in [-0.25, -0.2) is 0 Å². The molecule has 0 unspecified atom stereocenters. The predicted octanol–water partition coefficient (Wildman–Crippen LogP) is 17.0. The van der Waals surface area contributed by atoms with Gasteiger partial charge in [-0.15, -0.1) is 54.1 Å². The minimum absolute atomic E-state index is 0. The van der Waals surface area contributed by atoms with Gasteiger partial charge in [-0.3, -0.25) is 4.98 Å². The molecule has 0 N–H and O–H groups in total. The second-order valence-corrected chi connectivity index (χ2v) is 24.6. The molecule has 5 nitrogen and oxygen atoms in total. The summed E-state index contributed by atoms with van der Waals surface area (Å²) in [6.45, 7) is 16.2. The fourth-order valence-electron chi connectivity index (χ4n) is 9.83. The molecule has 0 saturated heterocycles. The molecule has 12 rings (SSSR count). The first kappa shape index (κ1) is 46.6. The van der Waals surface area contributed by atoms with E-state index in [0.29, 0.717) is 11.8 Å². The Labute approximate surface area is 424 Å². The number of hydrogen-bond acceptors (Lipinski definition) is 4. The van der Waals surface area contributed by atoms with E-state index in [1.807, 2.05) is 48.5 Å². The average molecular weight is 1100 g/mol. The Morgan fingerprint density at radius 3 is 1.83 bits per heavy atom. The van der Waals surface area contributed by atoms with E-state index in [-0.39, 0.29) is 20.1 Å². The van der Waals surface area contributed by atoms with Crippen LogP contribution in [-0.2, 0) is 20.1 Å². The Morgan fingerprint density at radius 1 is 0.543 bits per heavy atom. The van der Waals surface area contributed by atoms with Gasteiger partial charge in [0.25, 0.3) is 0 Å². The van der Waals surface area contributed by atoms with Crippen molar-refractivity contribution in [2.24, 2.45) is 0 Å². The molecule has 0 spiro atoms. The maximum atomic E-state index is 6.47. The third kappa shape index (κ3) is 8.42. The molecule has 0 bridgehead atoms. The van der Waals surface area contributed by atoms with Gasteiger partial charge in [0.15, 0.2) is 0 Å². The molecule has 12 aromatic rings. The topological polar surface area (TPSA) is 57.0 Å². The number of pyridine rings is 1. The molecule has 0 aliphatic heterocycles. The average Bonchev–Trinajstić information content (AvgIpc) is 4.08. The van der Waals surface area contributed by atoms with Crippen LogP contribution in [-0.4, -0.2) is 22.6 Å². The van der Waals surface area contributed by atoms with Gasteiger partial charge in [0.05, 0.1) is 30.5 Å². The fraction of sp³-hybridized carbons (Fsp3) is 0.143. The molecule has 0 aliphatic carbocycles. The fourth-order valence-corrected chi connectivity index (χ4v) is 11.3. The van der Waals surface area contributed by atoms with Gasteiger partial charge in [-0.1, -0.05) is 161 Å². The van der Waals surface area contributed by atoms with Crippen molar-refractivity contribution in [3.8, 4) is 50.6 Å². The van der Waals surface area contributed by atoms with Crippen LogP contribution in [0.5, 0.6) is 0 Å². The van der Waals surface area contributed by atoms with Gasteiger partial charge in [0.1, 0.15) is 16.7 Å². The number of hydrogen-bond donors (Lipinski definition) is 0. The molecular weight excluding hydrogens is 1050 g/mol. The number of imidazole rings is 1. The van der Waals surface area contributed by atoms with Crippen LogP contribution in [0, 0.1) is 12.1 Å². The van der Waals surface area contributed by atoms with E-state index in [4.69, 9.17) is 18.8 Å². The number of fused-ring (bicyclic) bond motifs is 7. The number of benzene rings is 8. The van der Waals surface area contributed by atoms with Crippen molar-refractivity contribution in [2.75, 3.05) is 0 Å². The smallest absolute Gasteiger partial charge is 0.143 e. The summed E-state index contributed by atoms with van der Waals surface area (Å²) in [7, 11) is -1.63. The van der Waals surface area contributed by atoms with Crippen LogP contribution in [0.2, 0.25) is 19.6 Å². The number of nitrogens with zero attached hydrogens (tertiary/aromatic N) is 3. The predicted molar refractivity (Wildman–Crippen MR) is 290 cm³/mol. The SMILES string of the molecule is CC(C)c1cc(-c2ccccc2)cc(C(C)C)c1-n1c(-c2[c-]ccc3c2oc2ccccc23)nc2ccccc21.C[Si](C)(C)c1cnc(-c2[c-]cccc2)cc1-c1cccc2c1oc1ccccc12.[Ir]. The van der Waals surface area contributed by atoms with E-state index in [9.17, 15) is 0 Å². The minimum Gasteiger partial charge on any atom is -0.501 e. The van der Waals surface area contributed by atoms with Crippen molar-refractivity contribution in [1.82, 2.24) is 14.5 Å². The van der Waals surface area contributed by atoms with Gasteiger partial charge in [0.2, 0.25) is 0 Å². The molecule has 4 aromatic heterocycles. The van der Waals surface area contributed by atoms with Crippen LogP contribution in [0.15, 0.2) is 191 Å².